The Hall–Kier alpha value is -0.570. The normalized spacial score (nSPS) is 11.9. The molecule has 17 heavy (non-hydrogen) atoms. The fourth-order valence-corrected chi connectivity index (χ4v) is 1.65. The minimum Gasteiger partial charge on any atom is -0.464 e. The Kier molecular flexibility index (Phi) is 8.23. The van der Waals surface area contributed by atoms with E-state index >= 15 is 0 Å². The van der Waals surface area contributed by atoms with Gasteiger partial charge in [-0.3, -0.25) is 4.79 Å². The molecular formula is C14H29NO2. The van der Waals surface area contributed by atoms with Gasteiger partial charge in [0.1, 0.15) is 6.61 Å². The number of esters is 1. The van der Waals surface area contributed by atoms with Gasteiger partial charge in [0.05, 0.1) is 5.92 Å². The number of unbranched alkanes of at least 4 members (excludes halogenated alkanes) is 1. The quantitative estimate of drug-likeness (QED) is 0.499. The first-order valence-electron chi connectivity index (χ1n) is 6.88. The van der Waals surface area contributed by atoms with Crippen LogP contribution in [-0.4, -0.2) is 24.7 Å². The van der Waals surface area contributed by atoms with Crippen LogP contribution in [0.5, 0.6) is 0 Å². The Morgan fingerprint density at radius 2 is 1.82 bits per heavy atom. The van der Waals surface area contributed by atoms with Crippen LogP contribution in [0.3, 0.4) is 0 Å². The van der Waals surface area contributed by atoms with Crippen LogP contribution in [0.1, 0.15) is 60.3 Å². The molecule has 102 valence electrons. The number of nitrogens with one attached hydrogen (secondary N) is 1. The summed E-state index contributed by atoms with van der Waals surface area (Å²) in [5, 5.41) is 3.41. The molecule has 0 heterocycles. The fourth-order valence-electron chi connectivity index (χ4n) is 1.65. The number of ether oxygens (including phenoxy) is 1. The van der Waals surface area contributed by atoms with Crippen molar-refractivity contribution in [2.75, 3.05) is 13.2 Å². The third-order valence-corrected chi connectivity index (χ3v) is 3.03. The van der Waals surface area contributed by atoms with Gasteiger partial charge in [-0.25, -0.2) is 0 Å². The molecule has 0 radical (unpaired) electrons. The highest BCUT2D eigenvalue weighted by Gasteiger charge is 2.22. The Morgan fingerprint density at radius 3 is 2.29 bits per heavy atom. The minimum atomic E-state index is -0.128. The summed E-state index contributed by atoms with van der Waals surface area (Å²) >= 11 is 0. The first-order valence-corrected chi connectivity index (χ1v) is 6.88. The molecule has 0 aromatic heterocycles. The van der Waals surface area contributed by atoms with Gasteiger partial charge < -0.3 is 10.1 Å². The highest BCUT2D eigenvalue weighted by molar-refractivity contribution is 5.72. The zero-order valence-electron chi connectivity index (χ0n) is 12.1. The Balaban J connectivity index is 3.95. The molecular weight excluding hydrogens is 214 g/mol. The predicted molar refractivity (Wildman–Crippen MR) is 72.0 cm³/mol. The second kappa shape index (κ2) is 8.51. The predicted octanol–water partition coefficient (Wildman–Crippen LogP) is 3.13. The lowest BCUT2D eigenvalue weighted by Gasteiger charge is -2.26. The van der Waals surface area contributed by atoms with Gasteiger partial charge in [-0.15, -0.1) is 0 Å². The zero-order valence-corrected chi connectivity index (χ0v) is 12.1. The van der Waals surface area contributed by atoms with Crippen LogP contribution >= 0.6 is 0 Å². The van der Waals surface area contributed by atoms with Gasteiger partial charge in [-0.1, -0.05) is 27.2 Å². The van der Waals surface area contributed by atoms with Crippen LogP contribution < -0.4 is 5.32 Å². The SMILES string of the molecule is CCCCNC(C)(C)COC(=O)C(CC)CC. The van der Waals surface area contributed by atoms with E-state index in [0.717, 1.165) is 25.8 Å². The highest BCUT2D eigenvalue weighted by Crippen LogP contribution is 2.12. The van der Waals surface area contributed by atoms with Crippen molar-refractivity contribution in [3.63, 3.8) is 0 Å². The Morgan fingerprint density at radius 1 is 1.24 bits per heavy atom. The van der Waals surface area contributed by atoms with E-state index in [1.165, 1.54) is 6.42 Å². The summed E-state index contributed by atoms with van der Waals surface area (Å²) in [6.07, 6.45) is 4.05. The molecule has 0 spiro atoms. The fraction of sp³-hybridized carbons (Fsp3) is 0.929. The van der Waals surface area contributed by atoms with Gasteiger partial charge in [-0.05, 0) is 39.7 Å². The van der Waals surface area contributed by atoms with Crippen molar-refractivity contribution >= 4 is 5.97 Å². The lowest BCUT2D eigenvalue weighted by Crippen LogP contribution is -2.44. The smallest absolute Gasteiger partial charge is 0.308 e. The summed E-state index contributed by atoms with van der Waals surface area (Å²) < 4.78 is 5.38. The number of carbonyl (C=O) groups excluding carboxylic acids is 1. The summed E-state index contributed by atoms with van der Waals surface area (Å²) in [7, 11) is 0. The maximum Gasteiger partial charge on any atom is 0.308 e. The summed E-state index contributed by atoms with van der Waals surface area (Å²) in [5.41, 5.74) is -0.128. The van der Waals surface area contributed by atoms with Crippen LogP contribution in [0, 0.1) is 5.92 Å². The minimum absolute atomic E-state index is 0.0552. The van der Waals surface area contributed by atoms with Gasteiger partial charge >= 0.3 is 5.97 Å². The largest absolute Gasteiger partial charge is 0.464 e. The van der Waals surface area contributed by atoms with Gasteiger partial charge in [0.2, 0.25) is 0 Å². The lowest BCUT2D eigenvalue weighted by molar-refractivity contribution is -0.150. The van der Waals surface area contributed by atoms with E-state index in [0.29, 0.717) is 6.61 Å². The average molecular weight is 243 g/mol. The van der Waals surface area contributed by atoms with Crippen molar-refractivity contribution in [2.24, 2.45) is 5.92 Å². The average Bonchev–Trinajstić information content (AvgIpc) is 2.28. The third-order valence-electron chi connectivity index (χ3n) is 3.03. The number of hydrogen-bond donors (Lipinski definition) is 1. The van der Waals surface area contributed by atoms with E-state index in [2.05, 4.69) is 26.1 Å². The zero-order chi connectivity index (χ0) is 13.3. The molecule has 0 unspecified atom stereocenters. The number of hydrogen-bond acceptors (Lipinski definition) is 3. The molecule has 0 aromatic rings. The van der Waals surface area contributed by atoms with Crippen LogP contribution in [-0.2, 0) is 9.53 Å². The maximum absolute atomic E-state index is 11.7. The van der Waals surface area contributed by atoms with Crippen molar-refractivity contribution in [1.82, 2.24) is 5.32 Å². The van der Waals surface area contributed by atoms with Gasteiger partial charge in [0.15, 0.2) is 0 Å². The summed E-state index contributed by atoms with van der Waals surface area (Å²) in [6, 6.07) is 0. The monoisotopic (exact) mass is 243 g/mol. The molecule has 0 aliphatic rings. The molecule has 0 saturated carbocycles. The Bertz CT molecular complexity index is 210. The van der Waals surface area contributed by atoms with Crippen molar-refractivity contribution in [1.29, 1.82) is 0 Å². The molecule has 3 heteroatoms. The molecule has 0 amide bonds. The lowest BCUT2D eigenvalue weighted by atomic mass is 10.0. The van der Waals surface area contributed by atoms with Crippen molar-refractivity contribution in [3.8, 4) is 0 Å². The van der Waals surface area contributed by atoms with E-state index in [9.17, 15) is 4.79 Å². The van der Waals surface area contributed by atoms with Gasteiger partial charge in [0, 0.05) is 5.54 Å². The maximum atomic E-state index is 11.7. The first kappa shape index (κ1) is 16.4. The first-order chi connectivity index (χ1) is 7.96. The van der Waals surface area contributed by atoms with Crippen molar-refractivity contribution < 1.29 is 9.53 Å². The molecule has 0 aliphatic heterocycles. The van der Waals surface area contributed by atoms with Crippen LogP contribution in [0.2, 0.25) is 0 Å². The van der Waals surface area contributed by atoms with Crippen LogP contribution in [0.4, 0.5) is 0 Å². The standard InChI is InChI=1S/C14H29NO2/c1-6-9-10-15-14(4,5)11-17-13(16)12(7-2)8-3/h12,15H,6-11H2,1-5H3. The second-order valence-corrected chi connectivity index (χ2v) is 5.29. The van der Waals surface area contributed by atoms with E-state index in [4.69, 9.17) is 4.74 Å². The molecule has 0 aromatic carbocycles. The van der Waals surface area contributed by atoms with Crippen LogP contribution in [0.15, 0.2) is 0 Å². The molecule has 0 rings (SSSR count). The number of rotatable bonds is 9. The second-order valence-electron chi connectivity index (χ2n) is 5.29. The van der Waals surface area contributed by atoms with Crippen molar-refractivity contribution in [2.45, 2.75) is 65.8 Å². The summed E-state index contributed by atoms with van der Waals surface area (Å²) in [4.78, 5) is 11.7. The van der Waals surface area contributed by atoms with Crippen LogP contribution in [0.25, 0.3) is 0 Å². The van der Waals surface area contributed by atoms with Gasteiger partial charge in [-0.2, -0.15) is 0 Å². The highest BCUT2D eigenvalue weighted by atomic mass is 16.5. The molecule has 0 fully saturated rings. The molecule has 0 saturated heterocycles. The molecule has 0 aliphatic carbocycles. The molecule has 0 atom stereocenters. The third kappa shape index (κ3) is 7.37. The number of carbonyl (C=O) groups is 1. The summed E-state index contributed by atoms with van der Waals surface area (Å²) in [5.74, 6) is 0.00167. The molecule has 0 bridgehead atoms. The molecule has 3 nitrogen and oxygen atoms in total. The van der Waals surface area contributed by atoms with Crippen molar-refractivity contribution in [3.05, 3.63) is 0 Å². The molecule has 1 N–H and O–H groups in total. The van der Waals surface area contributed by atoms with E-state index in [1.54, 1.807) is 0 Å². The van der Waals surface area contributed by atoms with E-state index in [-0.39, 0.29) is 17.4 Å². The van der Waals surface area contributed by atoms with Gasteiger partial charge in [0.25, 0.3) is 0 Å². The van der Waals surface area contributed by atoms with E-state index < -0.39 is 0 Å². The topological polar surface area (TPSA) is 38.3 Å². The van der Waals surface area contributed by atoms with E-state index in [1.807, 2.05) is 13.8 Å². The Labute approximate surface area is 106 Å². The summed E-state index contributed by atoms with van der Waals surface area (Å²) in [6.45, 7) is 11.8.